The second-order valence-electron chi connectivity index (χ2n) is 5.48. The van der Waals surface area contributed by atoms with Crippen LogP contribution in [0.5, 0.6) is 0 Å². The predicted molar refractivity (Wildman–Crippen MR) is 77.7 cm³/mol. The van der Waals surface area contributed by atoms with Crippen molar-refractivity contribution in [3.63, 3.8) is 0 Å². The first-order valence-corrected chi connectivity index (χ1v) is 8.98. The number of hydrogen-bond donors (Lipinski definition) is 2. The lowest BCUT2D eigenvalue weighted by atomic mass is 9.98. The lowest BCUT2D eigenvalue weighted by molar-refractivity contribution is -0.113. The zero-order valence-corrected chi connectivity index (χ0v) is 13.5. The zero-order chi connectivity index (χ0) is 16.2. The van der Waals surface area contributed by atoms with Crippen molar-refractivity contribution in [2.75, 3.05) is 19.9 Å². The predicted octanol–water partition coefficient (Wildman–Crippen LogP) is -0.179. The molecule has 3 atom stereocenters. The normalized spacial score (nSPS) is 26.2. The van der Waals surface area contributed by atoms with E-state index in [-0.39, 0.29) is 12.6 Å². The molecule has 2 heterocycles. The highest BCUT2D eigenvalue weighted by Crippen LogP contribution is 2.22. The first-order valence-electron chi connectivity index (χ1n) is 7.09. The second-order valence-corrected chi connectivity index (χ2v) is 7.32. The van der Waals surface area contributed by atoms with Gasteiger partial charge in [0.15, 0.2) is 5.76 Å². The van der Waals surface area contributed by atoms with Crippen molar-refractivity contribution in [2.24, 2.45) is 0 Å². The van der Waals surface area contributed by atoms with Gasteiger partial charge in [0.2, 0.25) is 10.0 Å². The SMILES string of the molecule is COCc1cc(CC2CCC(O)C(CNS(C)(=O)=O)O2)no1. The minimum atomic E-state index is -3.31. The Labute approximate surface area is 129 Å². The van der Waals surface area contributed by atoms with E-state index in [2.05, 4.69) is 9.88 Å². The first kappa shape index (κ1) is 17.4. The molecule has 2 N–H and O–H groups in total. The van der Waals surface area contributed by atoms with Crippen LogP contribution in [0.4, 0.5) is 0 Å². The molecule has 1 fully saturated rings. The second kappa shape index (κ2) is 7.51. The first-order chi connectivity index (χ1) is 10.4. The Morgan fingerprint density at radius 1 is 1.50 bits per heavy atom. The third-order valence-corrected chi connectivity index (χ3v) is 4.15. The fraction of sp³-hybridized carbons (Fsp3) is 0.769. The Morgan fingerprint density at radius 3 is 2.95 bits per heavy atom. The van der Waals surface area contributed by atoms with Crippen molar-refractivity contribution in [2.45, 2.75) is 44.2 Å². The standard InChI is InChI=1S/C13H22N2O6S/c1-19-8-11-6-9(15-21-11)5-10-3-4-12(16)13(20-10)7-14-22(2,17)18/h6,10,12-14,16H,3-5,7-8H2,1-2H3. The van der Waals surface area contributed by atoms with Crippen LogP contribution < -0.4 is 4.72 Å². The van der Waals surface area contributed by atoms with Crippen molar-refractivity contribution in [3.05, 3.63) is 17.5 Å². The van der Waals surface area contributed by atoms with Crippen molar-refractivity contribution >= 4 is 10.0 Å². The largest absolute Gasteiger partial charge is 0.390 e. The van der Waals surface area contributed by atoms with E-state index in [0.29, 0.717) is 31.6 Å². The van der Waals surface area contributed by atoms with Crippen LogP contribution in [0, 0.1) is 0 Å². The number of aliphatic hydroxyl groups is 1. The molecule has 126 valence electrons. The van der Waals surface area contributed by atoms with Gasteiger partial charge in [0.25, 0.3) is 0 Å². The van der Waals surface area contributed by atoms with Gasteiger partial charge in [-0.15, -0.1) is 0 Å². The molecule has 8 nitrogen and oxygen atoms in total. The van der Waals surface area contributed by atoms with Crippen LogP contribution in [0.15, 0.2) is 10.6 Å². The summed E-state index contributed by atoms with van der Waals surface area (Å²) in [7, 11) is -1.73. The number of hydrogen-bond acceptors (Lipinski definition) is 7. The number of sulfonamides is 1. The molecule has 1 aromatic rings. The molecule has 0 aliphatic carbocycles. The van der Waals surface area contributed by atoms with Gasteiger partial charge >= 0.3 is 0 Å². The highest BCUT2D eigenvalue weighted by molar-refractivity contribution is 7.88. The van der Waals surface area contributed by atoms with Gasteiger partial charge in [-0.05, 0) is 12.8 Å². The van der Waals surface area contributed by atoms with Crippen molar-refractivity contribution in [3.8, 4) is 0 Å². The average molecular weight is 334 g/mol. The van der Waals surface area contributed by atoms with E-state index in [0.717, 1.165) is 11.9 Å². The fourth-order valence-electron chi connectivity index (χ4n) is 2.41. The van der Waals surface area contributed by atoms with E-state index in [9.17, 15) is 13.5 Å². The molecule has 1 aliphatic rings. The highest BCUT2D eigenvalue weighted by Gasteiger charge is 2.31. The van der Waals surface area contributed by atoms with Crippen molar-refractivity contribution < 1.29 is 27.5 Å². The number of aromatic nitrogens is 1. The van der Waals surface area contributed by atoms with E-state index in [1.807, 2.05) is 6.07 Å². The molecule has 3 unspecified atom stereocenters. The summed E-state index contributed by atoms with van der Waals surface area (Å²) in [5.74, 6) is 0.642. The van der Waals surface area contributed by atoms with Gasteiger partial charge in [-0.2, -0.15) is 0 Å². The van der Waals surface area contributed by atoms with Gasteiger partial charge in [0, 0.05) is 26.1 Å². The number of aliphatic hydroxyl groups excluding tert-OH is 1. The number of rotatable bonds is 7. The Morgan fingerprint density at radius 2 is 2.27 bits per heavy atom. The molecule has 0 amide bonds. The monoisotopic (exact) mass is 334 g/mol. The zero-order valence-electron chi connectivity index (χ0n) is 12.7. The Hall–Kier alpha value is -1.00. The fourth-order valence-corrected chi connectivity index (χ4v) is 2.88. The van der Waals surface area contributed by atoms with Crippen LogP contribution >= 0.6 is 0 Å². The van der Waals surface area contributed by atoms with E-state index in [4.69, 9.17) is 14.0 Å². The van der Waals surface area contributed by atoms with Gasteiger partial charge in [-0.1, -0.05) is 5.16 Å². The Balaban J connectivity index is 1.89. The van der Waals surface area contributed by atoms with E-state index in [1.165, 1.54) is 0 Å². The molecule has 0 spiro atoms. The van der Waals surface area contributed by atoms with Crippen LogP contribution in [0.25, 0.3) is 0 Å². The maximum atomic E-state index is 11.1. The Bertz CT molecular complexity index is 573. The maximum Gasteiger partial charge on any atom is 0.208 e. The summed E-state index contributed by atoms with van der Waals surface area (Å²) in [6.45, 7) is 0.419. The molecule has 2 rings (SSSR count). The number of methoxy groups -OCH3 is 1. The van der Waals surface area contributed by atoms with Crippen LogP contribution in [-0.2, 0) is 32.5 Å². The van der Waals surface area contributed by atoms with Crippen LogP contribution in [0.3, 0.4) is 0 Å². The molecular weight excluding hydrogens is 312 g/mol. The van der Waals surface area contributed by atoms with E-state index in [1.54, 1.807) is 7.11 Å². The lowest BCUT2D eigenvalue weighted by Crippen LogP contribution is -2.46. The Kier molecular flexibility index (Phi) is 5.93. The molecule has 1 saturated heterocycles. The molecule has 0 saturated carbocycles. The average Bonchev–Trinajstić information content (AvgIpc) is 2.86. The lowest BCUT2D eigenvalue weighted by Gasteiger charge is -2.33. The highest BCUT2D eigenvalue weighted by atomic mass is 32.2. The summed E-state index contributed by atoms with van der Waals surface area (Å²) in [4.78, 5) is 0. The summed E-state index contributed by atoms with van der Waals surface area (Å²) >= 11 is 0. The third-order valence-electron chi connectivity index (χ3n) is 3.46. The summed E-state index contributed by atoms with van der Waals surface area (Å²) in [6, 6.07) is 1.81. The minimum Gasteiger partial charge on any atom is -0.390 e. The minimum absolute atomic E-state index is 0.0598. The molecule has 1 aromatic heterocycles. The van der Waals surface area contributed by atoms with Crippen LogP contribution in [0.2, 0.25) is 0 Å². The summed E-state index contributed by atoms with van der Waals surface area (Å²) < 4.78 is 40.5. The quantitative estimate of drug-likeness (QED) is 0.711. The van der Waals surface area contributed by atoms with E-state index >= 15 is 0 Å². The molecule has 0 bridgehead atoms. The van der Waals surface area contributed by atoms with Gasteiger partial charge in [-0.25, -0.2) is 13.1 Å². The van der Waals surface area contributed by atoms with Crippen molar-refractivity contribution in [1.82, 2.24) is 9.88 Å². The molecule has 22 heavy (non-hydrogen) atoms. The summed E-state index contributed by atoms with van der Waals surface area (Å²) in [5.41, 5.74) is 0.753. The molecule has 0 radical (unpaired) electrons. The molecule has 1 aliphatic heterocycles. The summed E-state index contributed by atoms with van der Waals surface area (Å²) in [6.07, 6.45) is 1.51. The van der Waals surface area contributed by atoms with Crippen LogP contribution in [-0.4, -0.2) is 56.9 Å². The smallest absolute Gasteiger partial charge is 0.208 e. The third kappa shape index (κ3) is 5.33. The maximum absolute atomic E-state index is 11.1. The number of nitrogens with one attached hydrogen (secondary N) is 1. The van der Waals surface area contributed by atoms with Crippen molar-refractivity contribution in [1.29, 1.82) is 0 Å². The van der Waals surface area contributed by atoms with Gasteiger partial charge < -0.3 is 19.1 Å². The summed E-state index contributed by atoms with van der Waals surface area (Å²) in [5, 5.41) is 13.9. The van der Waals surface area contributed by atoms with Gasteiger partial charge in [-0.3, -0.25) is 0 Å². The van der Waals surface area contributed by atoms with E-state index < -0.39 is 22.2 Å². The number of ether oxygens (including phenoxy) is 2. The molecule has 0 aromatic carbocycles. The van der Waals surface area contributed by atoms with Gasteiger partial charge in [0.05, 0.1) is 30.3 Å². The number of nitrogens with zero attached hydrogens (tertiary/aromatic N) is 1. The topological polar surface area (TPSA) is 111 Å². The van der Waals surface area contributed by atoms with Crippen LogP contribution in [0.1, 0.15) is 24.3 Å². The molecular formula is C13H22N2O6S. The van der Waals surface area contributed by atoms with Gasteiger partial charge in [0.1, 0.15) is 6.61 Å². The molecule has 9 heteroatoms.